The van der Waals surface area contributed by atoms with Crippen molar-refractivity contribution in [2.75, 3.05) is 26.9 Å². The maximum absolute atomic E-state index is 12.3. The molecule has 0 bridgehead atoms. The summed E-state index contributed by atoms with van der Waals surface area (Å²) in [6.45, 7) is 7.74. The minimum atomic E-state index is 0. The second-order valence-corrected chi connectivity index (χ2v) is 5.53. The molecule has 1 aromatic carbocycles. The number of methoxy groups -OCH3 is 1. The first-order chi connectivity index (χ1) is 10.6. The molecule has 1 aliphatic rings. The molecule has 23 heavy (non-hydrogen) atoms. The molecular weight excluding hydrogens is 367 g/mol. The van der Waals surface area contributed by atoms with Gasteiger partial charge in [-0.15, -0.1) is 22.9 Å². The Morgan fingerprint density at radius 3 is 2.70 bits per heavy atom. The Hall–Kier alpha value is -0.706. The minimum absolute atomic E-state index is 0. The van der Waals surface area contributed by atoms with Gasteiger partial charge in [0.25, 0.3) is 0 Å². The summed E-state index contributed by atoms with van der Waals surface area (Å²) in [5.74, 6) is 1.01. The van der Waals surface area contributed by atoms with Gasteiger partial charge in [0, 0.05) is 52.3 Å². The van der Waals surface area contributed by atoms with E-state index in [9.17, 15) is 4.79 Å². The van der Waals surface area contributed by atoms with Crippen LogP contribution in [0, 0.1) is 18.9 Å². The van der Waals surface area contributed by atoms with E-state index in [0.717, 1.165) is 22.6 Å². The van der Waals surface area contributed by atoms with Crippen LogP contribution in [0.1, 0.15) is 31.4 Å². The molecule has 0 N–H and O–H groups in total. The predicted molar refractivity (Wildman–Crippen MR) is 86.4 cm³/mol. The molecule has 1 radical (unpaired) electrons. The number of benzene rings is 1. The van der Waals surface area contributed by atoms with Gasteiger partial charge in [-0.2, -0.15) is 0 Å². The van der Waals surface area contributed by atoms with Crippen molar-refractivity contribution < 1.29 is 47.0 Å². The number of carbonyl (C=O) groups excluding carboxylic acids is 1. The van der Waals surface area contributed by atoms with E-state index in [2.05, 4.69) is 6.08 Å². The maximum Gasteiger partial charge on any atom is 0.225 e. The predicted octanol–water partition coefficient (Wildman–Crippen LogP) is 3.05. The third-order valence-electron chi connectivity index (χ3n) is 3.86. The van der Waals surface area contributed by atoms with Gasteiger partial charge >= 0.3 is 0 Å². The molecule has 1 heterocycles. The van der Waals surface area contributed by atoms with E-state index >= 15 is 0 Å². The Balaban J connectivity index is 0.00000264. The zero-order chi connectivity index (χ0) is 16.1. The summed E-state index contributed by atoms with van der Waals surface area (Å²) in [6.07, 6.45) is 4.07. The largest absolute Gasteiger partial charge is 0.491 e. The van der Waals surface area contributed by atoms with Gasteiger partial charge in [-0.1, -0.05) is 20.3 Å². The molecule has 0 spiro atoms. The second-order valence-electron chi connectivity index (χ2n) is 5.53. The number of carbonyl (C=O) groups is 1. The number of ether oxygens (including phenoxy) is 2. The average Bonchev–Trinajstić information content (AvgIpc) is 2.51. The fourth-order valence-electron chi connectivity index (χ4n) is 2.60. The quantitative estimate of drug-likeness (QED) is 0.553. The van der Waals surface area contributed by atoms with E-state index in [1.165, 1.54) is 0 Å². The molecule has 1 aliphatic heterocycles. The van der Waals surface area contributed by atoms with Crippen LogP contribution in [-0.2, 0) is 42.2 Å². The van der Waals surface area contributed by atoms with Crippen LogP contribution in [0.5, 0.6) is 5.75 Å². The molecule has 0 saturated heterocycles. The Morgan fingerprint density at radius 1 is 1.35 bits per heavy atom. The van der Waals surface area contributed by atoms with Crippen molar-refractivity contribution in [2.24, 2.45) is 5.92 Å². The number of nitrogens with zero attached hydrogens (tertiary/aromatic N) is 1. The topological polar surface area (TPSA) is 38.8 Å². The number of rotatable bonds is 6. The number of allylic oxidation sites excluding steroid dienone is 1. The van der Waals surface area contributed by atoms with E-state index in [1.54, 1.807) is 7.11 Å². The smallest absolute Gasteiger partial charge is 0.225 e. The van der Waals surface area contributed by atoms with E-state index in [4.69, 9.17) is 9.47 Å². The Kier molecular flexibility index (Phi) is 8.45. The Morgan fingerprint density at radius 2 is 2.09 bits per heavy atom. The Labute approximate surface area is 164 Å². The molecule has 123 valence electrons. The van der Waals surface area contributed by atoms with Crippen LogP contribution in [0.3, 0.4) is 0 Å². The molecule has 1 unspecified atom stereocenters. The normalized spacial score (nSPS) is 17.6. The third kappa shape index (κ3) is 4.88. The van der Waals surface area contributed by atoms with Gasteiger partial charge in [0.1, 0.15) is 12.4 Å². The number of aryl methyl sites for hydroxylation is 1. The molecule has 0 aliphatic carbocycles. The van der Waals surface area contributed by atoms with Crippen molar-refractivity contribution >= 4 is 11.6 Å². The summed E-state index contributed by atoms with van der Waals surface area (Å²) in [5, 5.41) is 0. The van der Waals surface area contributed by atoms with Crippen molar-refractivity contribution in [3.8, 4) is 5.75 Å². The van der Waals surface area contributed by atoms with Crippen LogP contribution >= 0.6 is 0 Å². The molecule has 1 atom stereocenters. The second kappa shape index (κ2) is 9.56. The first-order valence-electron chi connectivity index (χ1n) is 7.73. The van der Waals surface area contributed by atoms with Crippen molar-refractivity contribution in [2.45, 2.75) is 27.2 Å². The first-order valence-corrected chi connectivity index (χ1v) is 7.73. The fraction of sp³-hybridized carbons (Fsp3) is 0.500. The first kappa shape index (κ1) is 20.3. The summed E-state index contributed by atoms with van der Waals surface area (Å²) in [4.78, 5) is 14.1. The summed E-state index contributed by atoms with van der Waals surface area (Å²) in [6, 6.07) is 5.94. The van der Waals surface area contributed by atoms with E-state index < -0.39 is 0 Å². The molecule has 0 saturated carbocycles. The molecule has 4 nitrogen and oxygen atoms in total. The van der Waals surface area contributed by atoms with Gasteiger partial charge in [0.15, 0.2) is 0 Å². The van der Waals surface area contributed by atoms with Crippen LogP contribution in [0.15, 0.2) is 18.2 Å². The van der Waals surface area contributed by atoms with E-state index in [1.807, 2.05) is 43.9 Å². The van der Waals surface area contributed by atoms with Gasteiger partial charge < -0.3 is 14.4 Å². The van der Waals surface area contributed by atoms with Gasteiger partial charge in [-0.05, 0) is 19.1 Å². The maximum atomic E-state index is 12.3. The Bertz CT molecular complexity index is 571. The standard InChI is InChI=1S/C18H24NO3.Y/c1-5-19-17(9-6-13(2)18(19)20)16-8-7-15(12-14(16)3)22-11-10-21-4;/h7-8,12-13H,5-6,10-11H2,1-4H3;/q-1;. The third-order valence-corrected chi connectivity index (χ3v) is 3.86. The van der Waals surface area contributed by atoms with Crippen LogP contribution in [-0.4, -0.2) is 37.7 Å². The van der Waals surface area contributed by atoms with E-state index in [0.29, 0.717) is 26.2 Å². The number of hydrogen-bond acceptors (Lipinski definition) is 3. The SMILES string of the molecule is CCN1C(=O)C(C)C[C-]=C1c1ccc(OCCOC)cc1C.[Y]. The van der Waals surface area contributed by atoms with Crippen molar-refractivity contribution in [1.82, 2.24) is 4.90 Å². The number of hydrogen-bond donors (Lipinski definition) is 0. The van der Waals surface area contributed by atoms with Crippen LogP contribution in [0.4, 0.5) is 0 Å². The minimum Gasteiger partial charge on any atom is -0.491 e. The van der Waals surface area contributed by atoms with Gasteiger partial charge in [0.2, 0.25) is 5.91 Å². The van der Waals surface area contributed by atoms with Crippen molar-refractivity contribution in [3.05, 3.63) is 35.4 Å². The van der Waals surface area contributed by atoms with Crippen LogP contribution < -0.4 is 4.74 Å². The zero-order valence-corrected chi connectivity index (χ0v) is 17.2. The molecule has 1 aromatic rings. The summed E-state index contributed by atoms with van der Waals surface area (Å²) in [5.41, 5.74) is 3.02. The van der Waals surface area contributed by atoms with Crippen molar-refractivity contribution in [3.63, 3.8) is 0 Å². The molecule has 2 rings (SSSR count). The van der Waals surface area contributed by atoms with E-state index in [-0.39, 0.29) is 44.5 Å². The van der Waals surface area contributed by atoms with Crippen LogP contribution in [0.2, 0.25) is 0 Å². The molecular formula is C18H24NO3Y-. The molecule has 5 heteroatoms. The molecule has 0 aromatic heterocycles. The summed E-state index contributed by atoms with van der Waals surface area (Å²) in [7, 11) is 1.65. The van der Waals surface area contributed by atoms with Gasteiger partial charge in [0.05, 0.1) is 6.61 Å². The van der Waals surface area contributed by atoms with Crippen LogP contribution in [0.25, 0.3) is 5.70 Å². The monoisotopic (exact) mass is 391 g/mol. The summed E-state index contributed by atoms with van der Waals surface area (Å²) < 4.78 is 10.6. The zero-order valence-electron chi connectivity index (χ0n) is 14.4. The van der Waals surface area contributed by atoms with Gasteiger partial charge in [-0.25, -0.2) is 6.08 Å². The van der Waals surface area contributed by atoms with Crippen molar-refractivity contribution in [1.29, 1.82) is 0 Å². The van der Waals surface area contributed by atoms with Gasteiger partial charge in [-0.3, -0.25) is 4.79 Å². The molecule has 1 amide bonds. The molecule has 0 fully saturated rings. The average molecular weight is 391 g/mol. The summed E-state index contributed by atoms with van der Waals surface area (Å²) >= 11 is 0. The fourth-order valence-corrected chi connectivity index (χ4v) is 2.60. The number of amides is 1.